The highest BCUT2D eigenvalue weighted by molar-refractivity contribution is 5.99. The molecular weight excluding hydrogens is 1470 g/mol. The van der Waals surface area contributed by atoms with Crippen molar-refractivity contribution in [3.05, 3.63) is 12.2 Å². The van der Waals surface area contributed by atoms with Gasteiger partial charge < -0.3 is 86.9 Å². The third-order valence-corrected chi connectivity index (χ3v) is 16.6. The van der Waals surface area contributed by atoms with E-state index in [0.717, 1.165) is 50.7 Å². The smallest absolute Gasteiger partial charge is 0.475 e. The number of unbranched alkanes of at least 4 members (excludes halogenated alkanes) is 32. The number of nitrogens with zero attached hydrogens (tertiary/aromatic N) is 4. The lowest BCUT2D eigenvalue weighted by atomic mass is 10.0. The van der Waals surface area contributed by atoms with Gasteiger partial charge in [0.25, 0.3) is 0 Å². The Kier molecular flexibility index (Phi) is 68.5. The number of aliphatic imine (C=N–C) groups is 3. The normalized spacial score (nSPS) is 12.0. The predicted octanol–water partition coefficient (Wildman–Crippen LogP) is 9.69. The number of nitrogens with two attached hydrogens (primary N) is 7. The summed E-state index contributed by atoms with van der Waals surface area (Å²) in [6.45, 7) is 5.46. The number of carbonyl (C=O) groups is 10. The number of rotatable bonds is 62. The molecule has 0 heterocycles. The number of nitrogens with one attached hydrogen (secondary N) is 5. The monoisotopic (exact) mass is 1600 g/mol. The van der Waals surface area contributed by atoms with E-state index in [9.17, 15) is 73.1 Å². The van der Waals surface area contributed by atoms with E-state index in [-0.39, 0.29) is 108 Å². The summed E-state index contributed by atoms with van der Waals surface area (Å²) in [6, 6.07) is -3.62. The number of carbonyl (C=O) groups excluding carboxylic acids is 7. The quantitative estimate of drug-likeness (QED) is 0.00885. The standard InChI is InChI=1S/C66H128N16O7.3C2HF3O2/c1-3-5-7-9-11-13-15-17-19-21-23-25-27-29-31-33-35-43-57(83)74-50-52-82(53-51-75-58(84)44-36-34-32-30-28-26-24-22-20-18-16-14-12-10-8-6-4-2)60(86)46-45-59(85)79-55(41-38-48-77-65(70)71)62(88)81-56(42-39-49-78-66(72)73)63(89)80-54(61(67)87)40-37-47-76-64(68)69;3*3-2(4,5)1(6)7/h45-46,54-56H,3-44,47-53H2,1-2H3,(H2,67,87)(H,74,83)(H,75,84)(H,79,85)(H,80,89)(H,81,88)(H4,68,69,76)(H4,70,71,77)(H4,72,73,78);3*(H,6,7)/b46-45-;;;/t54-,55-,56-;;;/m0.../s1. The maximum atomic E-state index is 14.0. The average molecular weight is 1600 g/mol. The van der Waals surface area contributed by atoms with Crippen molar-refractivity contribution in [3.63, 3.8) is 0 Å². The highest BCUT2D eigenvalue weighted by Gasteiger charge is 2.40. The summed E-state index contributed by atoms with van der Waals surface area (Å²) in [5.74, 6) is -12.6. The van der Waals surface area contributed by atoms with Gasteiger partial charge in [-0.3, -0.25) is 48.5 Å². The van der Waals surface area contributed by atoms with E-state index >= 15 is 0 Å². The van der Waals surface area contributed by atoms with Gasteiger partial charge in [-0.25, -0.2) is 14.4 Å². The van der Waals surface area contributed by atoms with Gasteiger partial charge in [-0.1, -0.05) is 219 Å². The van der Waals surface area contributed by atoms with Crippen LogP contribution in [0.15, 0.2) is 27.1 Å². The first-order chi connectivity index (χ1) is 51.8. The molecule has 0 rings (SSSR count). The van der Waals surface area contributed by atoms with Crippen LogP contribution < -0.4 is 66.7 Å². The second-order valence-corrected chi connectivity index (χ2v) is 26.5. The van der Waals surface area contributed by atoms with Crippen LogP contribution >= 0.6 is 0 Å². The Hall–Kier alpha value is -8.38. The van der Waals surface area contributed by atoms with Crippen molar-refractivity contribution < 1.29 is 103 Å². The molecule has 0 saturated carbocycles. The first-order valence-corrected chi connectivity index (χ1v) is 38.6. The van der Waals surface area contributed by atoms with Gasteiger partial charge in [0.1, 0.15) is 18.1 Å². The molecule has 29 nitrogen and oxygen atoms in total. The Morgan fingerprint density at radius 2 is 0.591 bits per heavy atom. The van der Waals surface area contributed by atoms with E-state index in [1.807, 2.05) is 0 Å². The number of carboxylic acid groups (broad SMARTS) is 3. The van der Waals surface area contributed by atoms with Crippen molar-refractivity contribution in [1.82, 2.24) is 31.5 Å². The van der Waals surface area contributed by atoms with Crippen molar-refractivity contribution >= 4 is 77.1 Å². The van der Waals surface area contributed by atoms with Gasteiger partial charge in [0, 0.05) is 70.8 Å². The summed E-state index contributed by atoms with van der Waals surface area (Å²) < 4.78 is 95.2. The molecule has 3 atom stereocenters. The first kappa shape index (κ1) is 108. The van der Waals surface area contributed by atoms with Crippen LogP contribution in [0.5, 0.6) is 0 Å². The van der Waals surface area contributed by atoms with E-state index < -0.39 is 84.1 Å². The summed E-state index contributed by atoms with van der Waals surface area (Å²) in [5, 5.41) is 35.1. The zero-order valence-corrected chi connectivity index (χ0v) is 64.7. The minimum atomic E-state index is -5.08. The lowest BCUT2D eigenvalue weighted by Crippen LogP contribution is -2.56. The predicted molar refractivity (Wildman–Crippen MR) is 405 cm³/mol. The molecule has 0 aromatic heterocycles. The topological polar surface area (TPSA) is 514 Å². The first-order valence-electron chi connectivity index (χ1n) is 38.6. The fourth-order valence-electron chi connectivity index (χ4n) is 10.5. The number of amides is 7. The van der Waals surface area contributed by atoms with Crippen LogP contribution in [0.3, 0.4) is 0 Å². The van der Waals surface area contributed by atoms with Crippen LogP contribution in [-0.4, -0.2) is 180 Å². The number of hydrogen-bond donors (Lipinski definition) is 15. The molecule has 38 heteroatoms. The van der Waals surface area contributed by atoms with Crippen molar-refractivity contribution in [3.8, 4) is 0 Å². The molecule has 0 fully saturated rings. The summed E-state index contributed by atoms with van der Waals surface area (Å²) >= 11 is 0. The molecule has 22 N–H and O–H groups in total. The molecule has 0 saturated heterocycles. The van der Waals surface area contributed by atoms with Crippen molar-refractivity contribution in [2.75, 3.05) is 45.8 Å². The second-order valence-electron chi connectivity index (χ2n) is 26.5. The maximum absolute atomic E-state index is 14.0. The van der Waals surface area contributed by atoms with Gasteiger partial charge >= 0.3 is 36.4 Å². The Morgan fingerprint density at radius 1 is 0.355 bits per heavy atom. The van der Waals surface area contributed by atoms with Crippen LogP contribution in [0.2, 0.25) is 0 Å². The van der Waals surface area contributed by atoms with Crippen molar-refractivity contribution in [2.45, 2.75) is 320 Å². The molecular formula is C72H131F9N16O13. The number of hydrogen-bond acceptors (Lipinski definition) is 13. The van der Waals surface area contributed by atoms with Gasteiger partial charge in [0.05, 0.1) is 0 Å². The Balaban J connectivity index is -0.00000231. The van der Waals surface area contributed by atoms with Gasteiger partial charge in [0.15, 0.2) is 17.9 Å². The average Bonchev–Trinajstić information content (AvgIpc) is 0.867. The minimum absolute atomic E-state index is 0.0116. The highest BCUT2D eigenvalue weighted by Crippen LogP contribution is 2.19. The molecule has 0 aromatic carbocycles. The van der Waals surface area contributed by atoms with Gasteiger partial charge in [-0.2, -0.15) is 39.5 Å². The van der Waals surface area contributed by atoms with Crippen LogP contribution in [0.25, 0.3) is 0 Å². The number of primary amides is 1. The number of guanidine groups is 3. The van der Waals surface area contributed by atoms with Crippen LogP contribution in [0.4, 0.5) is 39.5 Å². The van der Waals surface area contributed by atoms with Gasteiger partial charge in [0.2, 0.25) is 41.4 Å². The van der Waals surface area contributed by atoms with E-state index in [4.69, 9.17) is 69.8 Å². The van der Waals surface area contributed by atoms with E-state index in [1.165, 1.54) is 185 Å². The number of alkyl halides is 9. The zero-order valence-electron chi connectivity index (χ0n) is 64.7. The lowest BCUT2D eigenvalue weighted by Gasteiger charge is -2.24. The Labute approximate surface area is 642 Å². The largest absolute Gasteiger partial charge is 0.490 e. The Morgan fingerprint density at radius 3 is 0.836 bits per heavy atom. The van der Waals surface area contributed by atoms with Crippen LogP contribution in [0, 0.1) is 0 Å². The number of carboxylic acids is 3. The Bertz CT molecular complexity index is 2520. The molecule has 110 heavy (non-hydrogen) atoms. The van der Waals surface area contributed by atoms with Crippen LogP contribution in [0.1, 0.15) is 284 Å². The summed E-state index contributed by atoms with van der Waals surface area (Å²) in [6.07, 6.45) is 31.0. The van der Waals surface area contributed by atoms with E-state index in [1.54, 1.807) is 0 Å². The molecule has 0 aliphatic rings. The van der Waals surface area contributed by atoms with Crippen molar-refractivity contribution in [1.29, 1.82) is 0 Å². The molecule has 7 amide bonds. The molecule has 0 aliphatic carbocycles. The number of aliphatic carboxylic acids is 3. The highest BCUT2D eigenvalue weighted by atomic mass is 19.4. The molecule has 0 unspecified atom stereocenters. The van der Waals surface area contributed by atoms with Crippen molar-refractivity contribution in [2.24, 2.45) is 55.1 Å². The maximum Gasteiger partial charge on any atom is 0.490 e. The van der Waals surface area contributed by atoms with Crippen LogP contribution in [-0.2, 0) is 47.9 Å². The van der Waals surface area contributed by atoms with Gasteiger partial charge in [-0.15, -0.1) is 0 Å². The zero-order chi connectivity index (χ0) is 84.0. The minimum Gasteiger partial charge on any atom is -0.475 e. The molecule has 0 aromatic rings. The van der Waals surface area contributed by atoms with Gasteiger partial charge in [-0.05, 0) is 51.4 Å². The SMILES string of the molecule is CCCCCCCCCCCCCCCCCCCC(=O)NCCN(CCNC(=O)CCCCCCCCCCCCCCCCCCC)C(=O)/C=C\C(=O)N[C@@H](CCCN=C(N)N)C(=O)N[C@@H](CCCN=C(N)N)C(=O)N[C@@H](CCCN=C(N)N)C(N)=O.O=C(O)C(F)(F)F.O=C(O)C(F)(F)F.O=C(O)C(F)(F)F. The third kappa shape index (κ3) is 75.1. The lowest BCUT2D eigenvalue weighted by molar-refractivity contribution is -0.193. The fourth-order valence-corrected chi connectivity index (χ4v) is 10.5. The summed E-state index contributed by atoms with van der Waals surface area (Å²) in [5.41, 5.74) is 38.5. The molecule has 0 bridgehead atoms. The third-order valence-electron chi connectivity index (χ3n) is 16.6. The van der Waals surface area contributed by atoms with E-state index in [0.29, 0.717) is 19.3 Å². The molecule has 0 aliphatic heterocycles. The summed E-state index contributed by atoms with van der Waals surface area (Å²) in [4.78, 5) is 133. The fraction of sp³-hybridized carbons (Fsp3) is 0.792. The van der Waals surface area contributed by atoms with E-state index in [2.05, 4.69) is 55.4 Å². The summed E-state index contributed by atoms with van der Waals surface area (Å²) in [7, 11) is 0. The second kappa shape index (κ2) is 69.8. The molecule has 0 spiro atoms. The molecule has 0 radical (unpaired) electrons. The number of halogens is 9. The molecule has 640 valence electrons.